The second-order valence-electron chi connectivity index (χ2n) is 9.91. The predicted octanol–water partition coefficient (Wildman–Crippen LogP) is 6.43. The smallest absolute Gasteiger partial charge is 0.325 e. The summed E-state index contributed by atoms with van der Waals surface area (Å²) in [7, 11) is 0. The molecule has 0 aromatic heterocycles. The van der Waals surface area contributed by atoms with E-state index in [1.807, 2.05) is 32.0 Å². The molecule has 32 heavy (non-hydrogen) atoms. The lowest BCUT2D eigenvalue weighted by Gasteiger charge is -2.39. The van der Waals surface area contributed by atoms with Crippen molar-refractivity contribution < 1.29 is 14.4 Å². The molecule has 2 bridgehead atoms. The molecule has 0 radical (unpaired) electrons. The number of hydrogen-bond acceptors (Lipinski definition) is 4. The molecule has 2 fully saturated rings. The molecule has 2 unspecified atom stereocenters. The van der Waals surface area contributed by atoms with E-state index in [2.05, 4.69) is 47.2 Å². The summed E-state index contributed by atoms with van der Waals surface area (Å²) in [6.07, 6.45) is 2.10. The van der Waals surface area contributed by atoms with Gasteiger partial charge >= 0.3 is 5.97 Å². The number of oxime groups is 1. The molecule has 5 nitrogen and oxygen atoms in total. The van der Waals surface area contributed by atoms with Crippen LogP contribution in [-0.4, -0.2) is 17.6 Å². The van der Waals surface area contributed by atoms with Crippen LogP contribution in [0.2, 0.25) is 0 Å². The van der Waals surface area contributed by atoms with Crippen molar-refractivity contribution in [1.82, 2.24) is 0 Å². The number of halogens is 1. The van der Waals surface area contributed by atoms with Crippen LogP contribution in [0.3, 0.4) is 0 Å². The van der Waals surface area contributed by atoms with Gasteiger partial charge in [0.15, 0.2) is 0 Å². The van der Waals surface area contributed by atoms with Crippen molar-refractivity contribution in [2.75, 3.05) is 5.32 Å². The molecule has 2 atom stereocenters. The monoisotopic (exact) mass is 496 g/mol. The standard InChI is InChI=1S/C26H29BrN2O3/c1-16-6-7-17(2)20(14-16)28-23(31)26-13-12-25(5,24(26,3)4)21(15-26)29-32-22(30)18-8-10-19(27)11-9-18/h6-11,14H,12-13,15H2,1-5H3,(H,28,31)/b29-21-. The van der Waals surface area contributed by atoms with E-state index in [1.54, 1.807) is 24.3 Å². The third-order valence-electron chi connectivity index (χ3n) is 8.13. The Morgan fingerprint density at radius 3 is 2.41 bits per heavy atom. The number of rotatable bonds is 4. The van der Waals surface area contributed by atoms with Crippen molar-refractivity contribution in [1.29, 1.82) is 0 Å². The summed E-state index contributed by atoms with van der Waals surface area (Å²) in [4.78, 5) is 31.5. The van der Waals surface area contributed by atoms with Crippen LogP contribution in [0.4, 0.5) is 5.69 Å². The minimum atomic E-state index is -0.596. The lowest BCUT2D eigenvalue weighted by Crippen LogP contribution is -2.43. The molecule has 2 aliphatic rings. The quantitative estimate of drug-likeness (QED) is 0.391. The fourth-order valence-electron chi connectivity index (χ4n) is 5.37. The van der Waals surface area contributed by atoms with Gasteiger partial charge in [-0.25, -0.2) is 4.79 Å². The number of carbonyl (C=O) groups excluding carboxylic acids is 2. The first-order valence-electron chi connectivity index (χ1n) is 10.9. The van der Waals surface area contributed by atoms with E-state index >= 15 is 0 Å². The van der Waals surface area contributed by atoms with Crippen LogP contribution in [0.15, 0.2) is 52.1 Å². The maximum atomic E-state index is 13.7. The first-order valence-corrected chi connectivity index (χ1v) is 11.7. The Morgan fingerprint density at radius 2 is 1.72 bits per heavy atom. The van der Waals surface area contributed by atoms with Crippen molar-refractivity contribution in [3.8, 4) is 0 Å². The fourth-order valence-corrected chi connectivity index (χ4v) is 5.63. The van der Waals surface area contributed by atoms with E-state index < -0.39 is 11.4 Å². The highest BCUT2D eigenvalue weighted by Gasteiger charge is 2.71. The van der Waals surface area contributed by atoms with Gasteiger partial charge in [0.05, 0.1) is 16.7 Å². The van der Waals surface area contributed by atoms with Crippen LogP contribution in [0.25, 0.3) is 0 Å². The lowest BCUT2D eigenvalue weighted by atomic mass is 9.64. The third-order valence-corrected chi connectivity index (χ3v) is 8.66. The van der Waals surface area contributed by atoms with E-state index in [1.165, 1.54) is 0 Å². The van der Waals surface area contributed by atoms with Crippen molar-refractivity contribution in [3.05, 3.63) is 63.6 Å². The van der Waals surface area contributed by atoms with Crippen LogP contribution in [0.5, 0.6) is 0 Å². The molecule has 2 aromatic carbocycles. The summed E-state index contributed by atoms with van der Waals surface area (Å²) in [6, 6.07) is 13.0. The minimum Gasteiger partial charge on any atom is -0.325 e. The second-order valence-corrected chi connectivity index (χ2v) is 10.8. The molecule has 2 aromatic rings. The molecular formula is C26H29BrN2O3. The Bertz CT molecular complexity index is 1120. The van der Waals surface area contributed by atoms with E-state index in [4.69, 9.17) is 4.84 Å². The Hall–Kier alpha value is -2.47. The van der Waals surface area contributed by atoms with Crippen LogP contribution in [0.1, 0.15) is 61.5 Å². The van der Waals surface area contributed by atoms with Gasteiger partial charge in [-0.05, 0) is 73.6 Å². The van der Waals surface area contributed by atoms with E-state index in [0.29, 0.717) is 12.0 Å². The molecule has 1 N–H and O–H groups in total. The van der Waals surface area contributed by atoms with Gasteiger partial charge in [0.1, 0.15) is 0 Å². The second kappa shape index (κ2) is 7.84. The maximum Gasteiger partial charge on any atom is 0.365 e. The minimum absolute atomic E-state index is 0.0179. The molecule has 1 amide bonds. The normalized spacial score (nSPS) is 26.9. The molecule has 4 rings (SSSR count). The van der Waals surface area contributed by atoms with Gasteiger partial charge in [0.25, 0.3) is 0 Å². The van der Waals surface area contributed by atoms with Crippen molar-refractivity contribution in [2.24, 2.45) is 21.4 Å². The zero-order chi connectivity index (χ0) is 23.3. The number of aryl methyl sites for hydroxylation is 2. The van der Waals surface area contributed by atoms with Crippen molar-refractivity contribution in [3.63, 3.8) is 0 Å². The molecule has 0 spiro atoms. The van der Waals surface area contributed by atoms with E-state index in [0.717, 1.165) is 39.8 Å². The van der Waals surface area contributed by atoms with Crippen molar-refractivity contribution >= 4 is 39.2 Å². The number of nitrogens with one attached hydrogen (secondary N) is 1. The average Bonchev–Trinajstić information content (AvgIpc) is 3.05. The van der Waals surface area contributed by atoms with Crippen molar-refractivity contribution in [2.45, 2.75) is 53.9 Å². The number of benzene rings is 2. The number of hydrogen-bond donors (Lipinski definition) is 1. The largest absolute Gasteiger partial charge is 0.365 e. The average molecular weight is 497 g/mol. The number of nitrogens with zero attached hydrogens (tertiary/aromatic N) is 1. The Balaban J connectivity index is 1.60. The third kappa shape index (κ3) is 3.40. The van der Waals surface area contributed by atoms with E-state index in [9.17, 15) is 9.59 Å². The molecule has 2 aliphatic carbocycles. The first kappa shape index (κ1) is 22.7. The van der Waals surface area contributed by atoms with Gasteiger partial charge in [-0.2, -0.15) is 0 Å². The van der Waals surface area contributed by atoms with Crippen LogP contribution < -0.4 is 5.32 Å². The zero-order valence-corrected chi connectivity index (χ0v) is 20.8. The van der Waals surface area contributed by atoms with Gasteiger partial charge in [0, 0.05) is 22.0 Å². The van der Waals surface area contributed by atoms with Crippen LogP contribution in [-0.2, 0) is 9.63 Å². The number of anilines is 1. The van der Waals surface area contributed by atoms with Gasteiger partial charge in [-0.15, -0.1) is 0 Å². The molecule has 6 heteroatoms. The summed E-state index contributed by atoms with van der Waals surface area (Å²) in [5.41, 5.74) is 2.97. The molecular weight excluding hydrogens is 468 g/mol. The topological polar surface area (TPSA) is 67.8 Å². The maximum absolute atomic E-state index is 13.7. The van der Waals surface area contributed by atoms with Gasteiger partial charge < -0.3 is 10.2 Å². The fraction of sp³-hybridized carbons (Fsp3) is 0.423. The highest BCUT2D eigenvalue weighted by atomic mass is 79.9. The molecule has 168 valence electrons. The number of amides is 1. The van der Waals surface area contributed by atoms with Crippen LogP contribution >= 0.6 is 15.9 Å². The highest BCUT2D eigenvalue weighted by molar-refractivity contribution is 9.10. The summed E-state index contributed by atoms with van der Waals surface area (Å²) in [5, 5.41) is 7.51. The summed E-state index contributed by atoms with van der Waals surface area (Å²) in [5.74, 6) is -0.479. The Morgan fingerprint density at radius 1 is 1.03 bits per heavy atom. The van der Waals surface area contributed by atoms with Gasteiger partial charge in [-0.1, -0.05) is 54.0 Å². The number of fused-ring (bicyclic) bond motifs is 2. The first-order chi connectivity index (χ1) is 15.0. The lowest BCUT2D eigenvalue weighted by molar-refractivity contribution is -0.130. The predicted molar refractivity (Wildman–Crippen MR) is 130 cm³/mol. The Kier molecular flexibility index (Phi) is 5.56. The van der Waals surface area contributed by atoms with Gasteiger partial charge in [0.2, 0.25) is 5.91 Å². The van der Waals surface area contributed by atoms with Crippen LogP contribution in [0, 0.1) is 30.1 Å². The summed E-state index contributed by atoms with van der Waals surface area (Å²) >= 11 is 3.36. The van der Waals surface area contributed by atoms with Gasteiger partial charge in [-0.3, -0.25) is 4.79 Å². The highest BCUT2D eigenvalue weighted by Crippen LogP contribution is 2.71. The summed E-state index contributed by atoms with van der Waals surface area (Å²) < 4.78 is 0.888. The van der Waals surface area contributed by atoms with E-state index in [-0.39, 0.29) is 16.7 Å². The Labute approximate surface area is 197 Å². The number of carbonyl (C=O) groups is 2. The molecule has 0 aliphatic heterocycles. The summed E-state index contributed by atoms with van der Waals surface area (Å²) in [6.45, 7) is 10.4. The molecule has 2 saturated carbocycles. The molecule has 0 heterocycles. The SMILES string of the molecule is Cc1ccc(C)c(NC(=O)C23CCC(C)(/C(=N\OC(=O)c4ccc(Br)cc4)C2)C3(C)C)c1. The zero-order valence-electron chi connectivity index (χ0n) is 19.2. The molecule has 0 saturated heterocycles.